The molecule has 0 spiro atoms. The second-order valence-corrected chi connectivity index (χ2v) is 7.28. The topological polar surface area (TPSA) is 118 Å². The van der Waals surface area contributed by atoms with E-state index >= 15 is 0 Å². The molecule has 0 aliphatic rings. The highest BCUT2D eigenvalue weighted by molar-refractivity contribution is 7.00. The van der Waals surface area contributed by atoms with Gasteiger partial charge in [-0.3, -0.25) is 4.79 Å². The van der Waals surface area contributed by atoms with Crippen molar-refractivity contribution < 1.29 is 4.79 Å². The van der Waals surface area contributed by atoms with E-state index in [0.29, 0.717) is 34.2 Å². The number of carbonyl (C=O) groups is 1. The Labute approximate surface area is 186 Å². The third kappa shape index (κ3) is 4.50. The van der Waals surface area contributed by atoms with Crippen LogP contribution in [0.1, 0.15) is 10.4 Å². The van der Waals surface area contributed by atoms with Gasteiger partial charge in [-0.1, -0.05) is 6.07 Å². The average molecular weight is 440 g/mol. The smallest absolute Gasteiger partial charge is 0.255 e. The van der Waals surface area contributed by atoms with Gasteiger partial charge in [-0.2, -0.15) is 8.75 Å². The van der Waals surface area contributed by atoms with Gasteiger partial charge in [0.25, 0.3) is 5.91 Å². The molecule has 1 amide bonds. The molecule has 2 aromatic carbocycles. The molecule has 3 heterocycles. The summed E-state index contributed by atoms with van der Waals surface area (Å²) in [4.78, 5) is 25.2. The lowest BCUT2D eigenvalue weighted by Crippen LogP contribution is -2.11. The van der Waals surface area contributed by atoms with Crippen molar-refractivity contribution in [2.75, 3.05) is 16.0 Å². The fourth-order valence-electron chi connectivity index (χ4n) is 2.97. The van der Waals surface area contributed by atoms with Gasteiger partial charge in [0.1, 0.15) is 34.8 Å². The van der Waals surface area contributed by atoms with Gasteiger partial charge in [-0.25, -0.2) is 15.0 Å². The minimum Gasteiger partial charge on any atom is -0.340 e. The lowest BCUT2D eigenvalue weighted by molar-refractivity contribution is 0.102. The number of rotatable bonds is 6. The Morgan fingerprint density at radius 3 is 2.31 bits per heavy atom. The first-order valence-electron chi connectivity index (χ1n) is 9.64. The maximum Gasteiger partial charge on any atom is 0.255 e. The molecule has 10 heteroatoms. The summed E-state index contributed by atoms with van der Waals surface area (Å²) in [5.41, 5.74) is 3.52. The number of hydrogen-bond acceptors (Lipinski definition) is 9. The van der Waals surface area contributed by atoms with Crippen LogP contribution in [0, 0.1) is 0 Å². The maximum atomic E-state index is 12.5. The van der Waals surface area contributed by atoms with Crippen LogP contribution in [0.2, 0.25) is 0 Å². The molecule has 0 saturated carbocycles. The third-order valence-corrected chi connectivity index (χ3v) is 5.08. The predicted molar refractivity (Wildman–Crippen MR) is 125 cm³/mol. The molecule has 0 unspecified atom stereocenters. The number of anilines is 5. The van der Waals surface area contributed by atoms with E-state index in [1.165, 1.54) is 6.33 Å². The van der Waals surface area contributed by atoms with Crippen LogP contribution in [-0.2, 0) is 0 Å². The van der Waals surface area contributed by atoms with Crippen LogP contribution >= 0.6 is 11.7 Å². The number of nitrogens with zero attached hydrogens (tertiary/aromatic N) is 5. The fraction of sp³-hybridized carbons (Fsp3) is 0. The molecule has 5 rings (SSSR count). The maximum absolute atomic E-state index is 12.5. The Bertz CT molecular complexity index is 1370. The zero-order valence-electron chi connectivity index (χ0n) is 16.6. The van der Waals surface area contributed by atoms with Crippen LogP contribution in [0.25, 0.3) is 11.0 Å². The zero-order valence-corrected chi connectivity index (χ0v) is 17.4. The summed E-state index contributed by atoms with van der Waals surface area (Å²) in [6.45, 7) is 0. The normalized spacial score (nSPS) is 10.6. The highest BCUT2D eigenvalue weighted by Crippen LogP contribution is 2.21. The largest absolute Gasteiger partial charge is 0.340 e. The molecule has 3 N–H and O–H groups in total. The molecular weight excluding hydrogens is 424 g/mol. The van der Waals surface area contributed by atoms with Crippen LogP contribution in [-0.4, -0.2) is 29.6 Å². The molecule has 5 aromatic rings. The summed E-state index contributed by atoms with van der Waals surface area (Å²) < 4.78 is 8.32. The van der Waals surface area contributed by atoms with Crippen LogP contribution in [0.3, 0.4) is 0 Å². The zero-order chi connectivity index (χ0) is 21.8. The molecule has 0 saturated heterocycles. The van der Waals surface area contributed by atoms with Gasteiger partial charge in [0.15, 0.2) is 0 Å². The number of fused-ring (bicyclic) bond motifs is 1. The van der Waals surface area contributed by atoms with Gasteiger partial charge in [-0.05, 0) is 54.6 Å². The first-order valence-corrected chi connectivity index (χ1v) is 10.4. The van der Waals surface area contributed by atoms with E-state index in [-0.39, 0.29) is 5.91 Å². The molecule has 9 nitrogen and oxygen atoms in total. The van der Waals surface area contributed by atoms with Crippen LogP contribution in [0.5, 0.6) is 0 Å². The molecule has 0 bridgehead atoms. The van der Waals surface area contributed by atoms with E-state index in [1.54, 1.807) is 30.5 Å². The molecule has 0 radical (unpaired) electrons. The van der Waals surface area contributed by atoms with Gasteiger partial charge in [0.2, 0.25) is 0 Å². The first kappa shape index (κ1) is 19.5. The lowest BCUT2D eigenvalue weighted by atomic mass is 10.2. The summed E-state index contributed by atoms with van der Waals surface area (Å²) >= 11 is 1.13. The number of nitrogens with one attached hydrogen (secondary N) is 3. The highest BCUT2D eigenvalue weighted by Gasteiger charge is 2.09. The lowest BCUT2D eigenvalue weighted by Gasteiger charge is -2.10. The van der Waals surface area contributed by atoms with Gasteiger partial charge in [0, 0.05) is 29.2 Å². The minimum absolute atomic E-state index is 0.207. The first-order chi connectivity index (χ1) is 15.7. The number of pyridine rings is 1. The summed E-state index contributed by atoms with van der Waals surface area (Å²) in [5.74, 6) is 1.74. The summed E-state index contributed by atoms with van der Waals surface area (Å²) in [6, 6.07) is 20.0. The number of benzene rings is 2. The second-order valence-electron chi connectivity index (χ2n) is 6.75. The van der Waals surface area contributed by atoms with Crippen LogP contribution in [0.4, 0.5) is 28.8 Å². The number of hydrogen-bond donors (Lipinski definition) is 3. The van der Waals surface area contributed by atoms with Crippen LogP contribution < -0.4 is 16.0 Å². The molecule has 156 valence electrons. The number of carbonyl (C=O) groups excluding carboxylic acids is 1. The van der Waals surface area contributed by atoms with E-state index in [0.717, 1.165) is 22.9 Å². The SMILES string of the molecule is O=C(Nc1ccc(Nc2cc(Nc3ccccn3)ncn2)cc1)c1ccc2nsnc2c1. The van der Waals surface area contributed by atoms with Crippen molar-refractivity contribution in [3.63, 3.8) is 0 Å². The van der Waals surface area contributed by atoms with E-state index in [2.05, 4.69) is 39.6 Å². The van der Waals surface area contributed by atoms with Crippen LogP contribution in [0.15, 0.2) is 79.3 Å². The third-order valence-electron chi connectivity index (χ3n) is 4.52. The minimum atomic E-state index is -0.207. The molecule has 0 aliphatic carbocycles. The summed E-state index contributed by atoms with van der Waals surface area (Å²) in [7, 11) is 0. The van der Waals surface area contributed by atoms with Crippen molar-refractivity contribution in [3.8, 4) is 0 Å². The Kier molecular flexibility index (Phi) is 5.33. The van der Waals surface area contributed by atoms with Gasteiger partial charge >= 0.3 is 0 Å². The molecular formula is C22H16N8OS. The molecule has 32 heavy (non-hydrogen) atoms. The van der Waals surface area contributed by atoms with Crippen molar-refractivity contribution in [3.05, 3.63) is 84.8 Å². The van der Waals surface area contributed by atoms with Crippen molar-refractivity contribution in [1.82, 2.24) is 23.7 Å². The van der Waals surface area contributed by atoms with Crippen molar-refractivity contribution >= 4 is 57.5 Å². The number of aromatic nitrogens is 5. The Morgan fingerprint density at radius 1 is 0.719 bits per heavy atom. The average Bonchev–Trinajstić information content (AvgIpc) is 3.29. The van der Waals surface area contributed by atoms with Gasteiger partial charge in [-0.15, -0.1) is 0 Å². The standard InChI is InChI=1S/C22H16N8OS/c31-22(14-4-9-17-18(11-14)30-32-29-17)27-16-7-5-15(6-8-16)26-20-12-21(25-13-24-20)28-19-3-1-2-10-23-19/h1-13H,(H,27,31)(H2,23,24,25,26,28). The fourth-order valence-corrected chi connectivity index (χ4v) is 3.49. The van der Waals surface area contributed by atoms with Gasteiger partial charge < -0.3 is 16.0 Å². The van der Waals surface area contributed by atoms with E-state index in [9.17, 15) is 4.79 Å². The quantitative estimate of drug-likeness (QED) is 0.350. The highest BCUT2D eigenvalue weighted by atomic mass is 32.1. The van der Waals surface area contributed by atoms with E-state index in [1.807, 2.05) is 42.5 Å². The van der Waals surface area contributed by atoms with Gasteiger partial charge in [0.05, 0.1) is 11.7 Å². The second kappa shape index (κ2) is 8.74. The monoisotopic (exact) mass is 440 g/mol. The molecule has 0 fully saturated rings. The molecule has 3 aromatic heterocycles. The van der Waals surface area contributed by atoms with E-state index < -0.39 is 0 Å². The summed E-state index contributed by atoms with van der Waals surface area (Å²) in [5, 5.41) is 9.24. The van der Waals surface area contributed by atoms with Crippen molar-refractivity contribution in [2.45, 2.75) is 0 Å². The predicted octanol–water partition coefficient (Wildman–Crippen LogP) is 4.62. The Balaban J connectivity index is 1.24. The molecule has 0 aliphatic heterocycles. The Hall–Kier alpha value is -4.44. The summed E-state index contributed by atoms with van der Waals surface area (Å²) in [6.07, 6.45) is 3.18. The Morgan fingerprint density at radius 2 is 1.50 bits per heavy atom. The van der Waals surface area contributed by atoms with Crippen molar-refractivity contribution in [1.29, 1.82) is 0 Å². The number of amides is 1. The van der Waals surface area contributed by atoms with E-state index in [4.69, 9.17) is 0 Å². The molecule has 0 atom stereocenters. The van der Waals surface area contributed by atoms with Crippen molar-refractivity contribution in [2.24, 2.45) is 0 Å².